The summed E-state index contributed by atoms with van der Waals surface area (Å²) in [6, 6.07) is 48.5. The van der Waals surface area contributed by atoms with Crippen LogP contribution in [0, 0.1) is 6.92 Å². The quantitative estimate of drug-likeness (QED) is 0.150. The average Bonchev–Trinajstić information content (AvgIpc) is 3.96. The molecular formula is C50H31N5S3. The maximum absolute atomic E-state index is 5.31. The summed E-state index contributed by atoms with van der Waals surface area (Å²) in [6.45, 7) is 6.05. The van der Waals surface area contributed by atoms with Gasteiger partial charge >= 0.3 is 0 Å². The van der Waals surface area contributed by atoms with Crippen molar-refractivity contribution in [3.05, 3.63) is 169 Å². The first kappa shape index (κ1) is 34.5. The Morgan fingerprint density at radius 2 is 1.10 bits per heavy atom. The molecule has 0 bridgehead atoms. The number of aryl methyl sites for hydroxylation is 1. The molecule has 5 nitrogen and oxygen atoms in total. The molecule has 0 N–H and O–H groups in total. The van der Waals surface area contributed by atoms with E-state index in [0.29, 0.717) is 23.3 Å². The van der Waals surface area contributed by atoms with E-state index in [1.165, 1.54) is 24.5 Å². The lowest BCUT2D eigenvalue weighted by Crippen LogP contribution is -2.00. The third-order valence-corrected chi connectivity index (χ3v) is 14.1. The molecule has 0 aliphatic rings. The molecule has 5 aromatic heterocycles. The number of thiophene rings is 3. The van der Waals surface area contributed by atoms with Crippen LogP contribution in [0.3, 0.4) is 0 Å². The van der Waals surface area contributed by atoms with Gasteiger partial charge in [0, 0.05) is 73.0 Å². The maximum atomic E-state index is 5.31. The van der Waals surface area contributed by atoms with Crippen LogP contribution < -0.4 is 0 Å². The summed E-state index contributed by atoms with van der Waals surface area (Å²) in [7, 11) is 0. The molecule has 0 radical (unpaired) electrons. The SMILES string of the molecule is C=C/C=C\c1sc2cccc(-c3nc(-c4ccccc4)nc(-c4cccc5sc6ccc(-c7nc(-c8ccccc8)c8sc9ccccc9c8n7)cc6c45)n3)c2c1C. The van der Waals surface area contributed by atoms with E-state index < -0.39 is 0 Å². The van der Waals surface area contributed by atoms with Crippen LogP contribution in [-0.4, -0.2) is 24.9 Å². The topological polar surface area (TPSA) is 64.5 Å². The minimum atomic E-state index is 0.630. The fraction of sp³-hybridized carbons (Fsp3) is 0.0200. The van der Waals surface area contributed by atoms with Crippen molar-refractivity contribution >= 4 is 90.6 Å². The van der Waals surface area contributed by atoms with E-state index in [2.05, 4.69) is 135 Å². The second-order valence-electron chi connectivity index (χ2n) is 14.1. The first-order valence-electron chi connectivity index (χ1n) is 18.9. The molecule has 0 fully saturated rings. The predicted octanol–water partition coefficient (Wildman–Crippen LogP) is 14.5. The molecule has 0 amide bonds. The second-order valence-corrected chi connectivity index (χ2v) is 17.3. The minimum Gasteiger partial charge on any atom is -0.226 e. The smallest absolute Gasteiger partial charge is 0.164 e. The molecule has 6 aromatic carbocycles. The Labute approximate surface area is 346 Å². The van der Waals surface area contributed by atoms with Crippen LogP contribution in [0.15, 0.2) is 158 Å². The molecule has 58 heavy (non-hydrogen) atoms. The minimum absolute atomic E-state index is 0.630. The fourth-order valence-corrected chi connectivity index (χ4v) is 11.2. The summed E-state index contributed by atoms with van der Waals surface area (Å²) >= 11 is 5.28. The zero-order valence-electron chi connectivity index (χ0n) is 31.2. The van der Waals surface area contributed by atoms with Crippen LogP contribution in [0.25, 0.3) is 113 Å². The van der Waals surface area contributed by atoms with Gasteiger partial charge in [-0.15, -0.1) is 34.0 Å². The van der Waals surface area contributed by atoms with Crippen molar-refractivity contribution in [2.75, 3.05) is 0 Å². The van der Waals surface area contributed by atoms with E-state index in [-0.39, 0.29) is 0 Å². The number of hydrogen-bond acceptors (Lipinski definition) is 8. The Balaban J connectivity index is 1.13. The first-order valence-corrected chi connectivity index (χ1v) is 21.4. The van der Waals surface area contributed by atoms with Crippen molar-refractivity contribution < 1.29 is 0 Å². The monoisotopic (exact) mass is 797 g/mol. The largest absolute Gasteiger partial charge is 0.226 e. The molecule has 0 atom stereocenters. The lowest BCUT2D eigenvalue weighted by Gasteiger charge is -2.11. The average molecular weight is 798 g/mol. The molecular weight excluding hydrogens is 767 g/mol. The van der Waals surface area contributed by atoms with E-state index in [1.54, 1.807) is 34.0 Å². The molecule has 11 aromatic rings. The predicted molar refractivity (Wildman–Crippen MR) is 248 cm³/mol. The van der Waals surface area contributed by atoms with Gasteiger partial charge in [0.15, 0.2) is 23.3 Å². The van der Waals surface area contributed by atoms with Crippen molar-refractivity contribution in [2.24, 2.45) is 0 Å². The number of benzene rings is 6. The van der Waals surface area contributed by atoms with Gasteiger partial charge in [-0.3, -0.25) is 0 Å². The van der Waals surface area contributed by atoms with E-state index >= 15 is 0 Å². The summed E-state index contributed by atoms with van der Waals surface area (Å²) in [4.78, 5) is 27.4. The maximum Gasteiger partial charge on any atom is 0.164 e. The highest BCUT2D eigenvalue weighted by Crippen LogP contribution is 2.44. The van der Waals surface area contributed by atoms with Crippen LogP contribution in [0.5, 0.6) is 0 Å². The summed E-state index contributed by atoms with van der Waals surface area (Å²) in [5, 5.41) is 4.52. The van der Waals surface area contributed by atoms with Gasteiger partial charge < -0.3 is 0 Å². The van der Waals surface area contributed by atoms with E-state index in [1.807, 2.05) is 36.4 Å². The van der Waals surface area contributed by atoms with Crippen molar-refractivity contribution in [1.82, 2.24) is 24.9 Å². The Morgan fingerprint density at radius 1 is 0.483 bits per heavy atom. The van der Waals surface area contributed by atoms with Crippen LogP contribution in [0.1, 0.15) is 10.4 Å². The van der Waals surface area contributed by atoms with Gasteiger partial charge in [0.1, 0.15) is 0 Å². The van der Waals surface area contributed by atoms with Crippen molar-refractivity contribution in [3.8, 4) is 56.8 Å². The van der Waals surface area contributed by atoms with Crippen molar-refractivity contribution in [3.63, 3.8) is 0 Å². The number of hydrogen-bond donors (Lipinski definition) is 0. The van der Waals surface area contributed by atoms with Gasteiger partial charge in [-0.2, -0.15) is 0 Å². The molecule has 0 saturated carbocycles. The van der Waals surface area contributed by atoms with E-state index in [0.717, 1.165) is 70.0 Å². The van der Waals surface area contributed by atoms with Crippen LogP contribution >= 0.6 is 34.0 Å². The standard InChI is InChI=1S/C50H31N5S3/c1-3-4-22-37-29(2)42-34(20-13-24-40(42)56-37)49-53-47(31-17-9-6-10-18-31)54-50(55-49)35-21-14-25-41-43(35)36-28-32(26-27-39(36)57-41)48-51-44(30-15-7-5-8-16-30)46-45(52-48)33-19-11-12-23-38(33)58-46/h3-28H,1H2,2H3/b22-4-. The van der Waals surface area contributed by atoms with E-state index in [4.69, 9.17) is 24.9 Å². The lowest BCUT2D eigenvalue weighted by molar-refractivity contribution is 1.08. The highest BCUT2D eigenvalue weighted by atomic mass is 32.1. The van der Waals surface area contributed by atoms with Gasteiger partial charge in [-0.25, -0.2) is 24.9 Å². The van der Waals surface area contributed by atoms with Gasteiger partial charge in [0.05, 0.1) is 15.9 Å². The number of allylic oxidation sites excluding steroid dienone is 2. The number of nitrogens with zero attached hydrogens (tertiary/aromatic N) is 5. The Bertz CT molecular complexity index is 3430. The molecule has 5 heterocycles. The van der Waals surface area contributed by atoms with Crippen molar-refractivity contribution in [1.29, 1.82) is 0 Å². The third kappa shape index (κ3) is 5.76. The van der Waals surface area contributed by atoms with Crippen molar-refractivity contribution in [2.45, 2.75) is 6.92 Å². The molecule has 0 aliphatic heterocycles. The molecule has 8 heteroatoms. The molecule has 0 aliphatic carbocycles. The highest BCUT2D eigenvalue weighted by Gasteiger charge is 2.21. The van der Waals surface area contributed by atoms with Gasteiger partial charge in [0.2, 0.25) is 0 Å². The van der Waals surface area contributed by atoms with Gasteiger partial charge in [-0.1, -0.05) is 122 Å². The van der Waals surface area contributed by atoms with E-state index in [9.17, 15) is 0 Å². The first-order chi connectivity index (χ1) is 28.6. The van der Waals surface area contributed by atoms with Gasteiger partial charge in [0.25, 0.3) is 0 Å². The Hall–Kier alpha value is -6.71. The van der Waals surface area contributed by atoms with Gasteiger partial charge in [-0.05, 0) is 55.0 Å². The highest BCUT2D eigenvalue weighted by molar-refractivity contribution is 7.26. The summed E-state index contributed by atoms with van der Waals surface area (Å²) < 4.78 is 5.82. The molecule has 0 unspecified atom stereocenters. The number of rotatable bonds is 7. The lowest BCUT2D eigenvalue weighted by atomic mass is 10.0. The zero-order valence-corrected chi connectivity index (χ0v) is 33.6. The fourth-order valence-electron chi connectivity index (χ4n) is 7.82. The second kappa shape index (κ2) is 14.0. The summed E-state index contributed by atoms with van der Waals surface area (Å²) in [6.07, 6.45) is 5.92. The molecule has 0 saturated heterocycles. The van der Waals surface area contributed by atoms with Crippen LogP contribution in [0.4, 0.5) is 0 Å². The molecule has 274 valence electrons. The third-order valence-electron chi connectivity index (χ3n) is 10.5. The zero-order chi connectivity index (χ0) is 38.7. The summed E-state index contributed by atoms with van der Waals surface area (Å²) in [5.74, 6) is 2.60. The molecule has 11 rings (SSSR count). The normalized spacial score (nSPS) is 11.9. The number of fused-ring (bicyclic) bond motifs is 7. The summed E-state index contributed by atoms with van der Waals surface area (Å²) in [5.41, 5.74) is 8.02. The molecule has 0 spiro atoms. The Kier molecular flexibility index (Phi) is 8.36. The van der Waals surface area contributed by atoms with Crippen LogP contribution in [0.2, 0.25) is 0 Å². The Morgan fingerprint density at radius 3 is 1.86 bits per heavy atom. The number of aromatic nitrogens is 5. The van der Waals surface area contributed by atoms with Crippen LogP contribution in [-0.2, 0) is 0 Å².